The smallest absolute Gasteiger partial charge is 0.417 e. The molecular formula is C22H14NO5P. The molecule has 0 amide bonds. The summed E-state index contributed by atoms with van der Waals surface area (Å²) in [4.78, 5) is 9.35. The third-order valence-electron chi connectivity index (χ3n) is 4.88. The minimum Gasteiger partial charge on any atom is -0.417 e. The van der Waals surface area contributed by atoms with Crippen LogP contribution < -0.4 is 9.47 Å². The SMILES string of the molecule is N#CC1(O[PH](=O)O)Oc2ccc3ccccc3c2-c2c(ccc3ccccc23)O1. The van der Waals surface area contributed by atoms with Crippen LogP contribution in [0.25, 0.3) is 32.7 Å². The molecule has 0 bridgehead atoms. The van der Waals surface area contributed by atoms with Crippen molar-refractivity contribution in [1.29, 1.82) is 5.26 Å². The lowest BCUT2D eigenvalue weighted by Gasteiger charge is -2.24. The molecule has 0 radical (unpaired) electrons. The maximum absolute atomic E-state index is 11.4. The van der Waals surface area contributed by atoms with Crippen LogP contribution in [0.3, 0.4) is 0 Å². The first-order chi connectivity index (χ1) is 14.1. The van der Waals surface area contributed by atoms with Gasteiger partial charge in [-0.2, -0.15) is 5.26 Å². The van der Waals surface area contributed by atoms with E-state index in [0.717, 1.165) is 32.7 Å². The molecule has 0 aliphatic carbocycles. The average Bonchev–Trinajstić information content (AvgIpc) is 2.87. The number of ether oxygens (including phenoxy) is 2. The van der Waals surface area contributed by atoms with Gasteiger partial charge in [-0.15, -0.1) is 0 Å². The Morgan fingerprint density at radius 1 is 0.828 bits per heavy atom. The standard InChI is InChI=1S/C22H14NO5P/c23-13-22(28-29(24)25)26-18-11-9-14-5-1-3-7-16(14)20(18)21-17-8-4-2-6-15(17)10-12-19(21)27-22/h1-12,29H,(H,24,25). The van der Waals surface area contributed by atoms with Crippen LogP contribution in [0.15, 0.2) is 72.8 Å². The maximum Gasteiger partial charge on any atom is 0.476 e. The third kappa shape index (κ3) is 2.84. The van der Waals surface area contributed by atoms with Crippen LogP contribution in [0, 0.1) is 11.3 Å². The van der Waals surface area contributed by atoms with Crippen LogP contribution in [0.1, 0.15) is 0 Å². The van der Waals surface area contributed by atoms with Gasteiger partial charge < -0.3 is 14.4 Å². The summed E-state index contributed by atoms with van der Waals surface area (Å²) < 4.78 is 28.0. The number of hydrogen-bond donors (Lipinski definition) is 1. The zero-order valence-electron chi connectivity index (χ0n) is 15.0. The molecule has 6 nitrogen and oxygen atoms in total. The third-order valence-corrected chi connectivity index (χ3v) is 5.32. The molecule has 0 aromatic heterocycles. The lowest BCUT2D eigenvalue weighted by atomic mass is 9.92. The predicted molar refractivity (Wildman–Crippen MR) is 109 cm³/mol. The lowest BCUT2D eigenvalue weighted by molar-refractivity contribution is -0.205. The van der Waals surface area contributed by atoms with Gasteiger partial charge in [-0.05, 0) is 33.7 Å². The predicted octanol–water partition coefficient (Wildman–Crippen LogP) is 5.01. The topological polar surface area (TPSA) is 88.8 Å². The Kier molecular flexibility index (Phi) is 4.04. The number of benzene rings is 4. The second kappa shape index (κ2) is 6.61. The molecule has 1 atom stereocenters. The Bertz CT molecular complexity index is 1260. The van der Waals surface area contributed by atoms with Crippen molar-refractivity contribution in [3.63, 3.8) is 0 Å². The Balaban J connectivity index is 1.93. The minimum atomic E-state index is -3.53. The number of hydrogen-bond acceptors (Lipinski definition) is 5. The van der Waals surface area contributed by atoms with E-state index in [0.29, 0.717) is 11.5 Å². The van der Waals surface area contributed by atoms with Gasteiger partial charge in [0.1, 0.15) is 11.5 Å². The molecule has 1 aliphatic heterocycles. The minimum absolute atomic E-state index is 0.323. The van der Waals surface area contributed by atoms with Crippen LogP contribution in [-0.2, 0) is 9.09 Å². The molecule has 4 aromatic carbocycles. The number of fused-ring (bicyclic) bond motifs is 7. The average molecular weight is 403 g/mol. The van der Waals surface area contributed by atoms with Crippen molar-refractivity contribution in [3.05, 3.63) is 72.8 Å². The van der Waals surface area contributed by atoms with E-state index in [4.69, 9.17) is 14.0 Å². The number of nitrogens with zero attached hydrogens (tertiary/aromatic N) is 1. The summed E-state index contributed by atoms with van der Waals surface area (Å²) >= 11 is 0. The highest BCUT2D eigenvalue weighted by Gasteiger charge is 2.44. The molecule has 7 heteroatoms. The summed E-state index contributed by atoms with van der Waals surface area (Å²) in [7, 11) is -3.53. The molecule has 29 heavy (non-hydrogen) atoms. The van der Waals surface area contributed by atoms with Gasteiger partial charge in [0.25, 0.3) is 0 Å². The van der Waals surface area contributed by atoms with E-state index in [9.17, 15) is 14.7 Å². The van der Waals surface area contributed by atoms with E-state index >= 15 is 0 Å². The first kappa shape index (κ1) is 17.7. The zero-order chi connectivity index (χ0) is 20.0. The normalized spacial score (nSPS) is 15.3. The molecule has 0 spiro atoms. The molecule has 1 heterocycles. The second-order valence-electron chi connectivity index (χ2n) is 6.56. The van der Waals surface area contributed by atoms with E-state index in [1.807, 2.05) is 60.7 Å². The molecule has 5 rings (SSSR count). The molecule has 0 saturated carbocycles. The summed E-state index contributed by atoms with van der Waals surface area (Å²) in [5.74, 6) is -1.73. The molecule has 0 saturated heterocycles. The van der Waals surface area contributed by atoms with Gasteiger partial charge in [-0.25, -0.2) is 4.52 Å². The van der Waals surface area contributed by atoms with Gasteiger partial charge in [-0.3, -0.25) is 4.57 Å². The number of rotatable bonds is 2. The largest absolute Gasteiger partial charge is 0.476 e. The van der Waals surface area contributed by atoms with E-state index in [1.165, 1.54) is 0 Å². The van der Waals surface area contributed by atoms with Gasteiger partial charge in [0.2, 0.25) is 0 Å². The van der Waals surface area contributed by atoms with Gasteiger partial charge in [-0.1, -0.05) is 60.7 Å². The summed E-state index contributed by atoms with van der Waals surface area (Å²) in [6.45, 7) is 0. The molecule has 1 aliphatic rings. The van der Waals surface area contributed by atoms with Crippen LogP contribution >= 0.6 is 8.25 Å². The van der Waals surface area contributed by atoms with Crippen LogP contribution in [0.2, 0.25) is 0 Å². The quantitative estimate of drug-likeness (QED) is 0.474. The van der Waals surface area contributed by atoms with Crippen molar-refractivity contribution in [2.45, 2.75) is 5.97 Å². The second-order valence-corrected chi connectivity index (χ2v) is 7.30. The van der Waals surface area contributed by atoms with Gasteiger partial charge in [0.15, 0.2) is 6.07 Å². The van der Waals surface area contributed by atoms with Crippen molar-refractivity contribution < 1.29 is 23.5 Å². The first-order valence-corrected chi connectivity index (χ1v) is 10.1. The molecular weight excluding hydrogens is 389 g/mol. The van der Waals surface area contributed by atoms with E-state index in [1.54, 1.807) is 18.2 Å². The fourth-order valence-corrected chi connectivity index (χ4v) is 4.08. The Labute approximate surface area is 166 Å². The van der Waals surface area contributed by atoms with Crippen molar-refractivity contribution in [2.24, 2.45) is 0 Å². The molecule has 0 fully saturated rings. The Morgan fingerprint density at radius 3 is 1.76 bits per heavy atom. The van der Waals surface area contributed by atoms with Gasteiger partial charge >= 0.3 is 14.2 Å². The maximum atomic E-state index is 11.4. The fourth-order valence-electron chi connectivity index (χ4n) is 3.72. The number of nitriles is 1. The zero-order valence-corrected chi connectivity index (χ0v) is 16.0. The molecule has 142 valence electrons. The first-order valence-electron chi connectivity index (χ1n) is 8.85. The molecule has 1 unspecified atom stereocenters. The van der Waals surface area contributed by atoms with Gasteiger partial charge in [0.05, 0.1) is 0 Å². The monoisotopic (exact) mass is 403 g/mol. The summed E-state index contributed by atoms with van der Waals surface area (Å²) in [5.41, 5.74) is 1.46. The van der Waals surface area contributed by atoms with Crippen molar-refractivity contribution in [2.75, 3.05) is 0 Å². The molecule has 4 aromatic rings. The van der Waals surface area contributed by atoms with Crippen LogP contribution in [0.4, 0.5) is 0 Å². The van der Waals surface area contributed by atoms with Crippen molar-refractivity contribution in [1.82, 2.24) is 0 Å². The Morgan fingerprint density at radius 2 is 1.31 bits per heavy atom. The van der Waals surface area contributed by atoms with Crippen LogP contribution in [0.5, 0.6) is 11.5 Å². The lowest BCUT2D eigenvalue weighted by Crippen LogP contribution is -2.41. The highest BCUT2D eigenvalue weighted by molar-refractivity contribution is 7.32. The molecule has 1 N–H and O–H groups in total. The van der Waals surface area contributed by atoms with Gasteiger partial charge in [0, 0.05) is 11.1 Å². The van der Waals surface area contributed by atoms with Crippen LogP contribution in [-0.4, -0.2) is 10.9 Å². The van der Waals surface area contributed by atoms with E-state index < -0.39 is 14.2 Å². The summed E-state index contributed by atoms with van der Waals surface area (Å²) in [6.07, 6.45) is 0. The highest BCUT2D eigenvalue weighted by atomic mass is 31.1. The van der Waals surface area contributed by atoms with Crippen molar-refractivity contribution in [3.8, 4) is 28.7 Å². The summed E-state index contributed by atoms with van der Waals surface area (Å²) in [5, 5.41) is 13.5. The van der Waals surface area contributed by atoms with E-state index in [-0.39, 0.29) is 0 Å². The summed E-state index contributed by atoms with van der Waals surface area (Å²) in [6, 6.07) is 24.5. The highest BCUT2D eigenvalue weighted by Crippen LogP contribution is 2.50. The van der Waals surface area contributed by atoms with E-state index in [2.05, 4.69) is 0 Å². The fraction of sp³-hybridized carbons (Fsp3) is 0.0455. The Hall–Kier alpha value is -3.36. The van der Waals surface area contributed by atoms with Crippen molar-refractivity contribution >= 4 is 29.8 Å².